The van der Waals surface area contributed by atoms with Crippen molar-refractivity contribution >= 4 is 83.9 Å². The number of ether oxygens (including phenoxy) is 3. The van der Waals surface area contributed by atoms with Crippen molar-refractivity contribution in [3.05, 3.63) is 178 Å². The third-order valence-electron chi connectivity index (χ3n) is 12.6. The van der Waals surface area contributed by atoms with E-state index in [0.717, 1.165) is 76.5 Å². The molecular weight excluding hydrogens is 801 g/mol. The minimum Gasteiger partial charge on any atom is -0.496 e. The van der Waals surface area contributed by atoms with Gasteiger partial charge in [-0.1, -0.05) is 97.1 Å². The van der Waals surface area contributed by atoms with Crippen LogP contribution in [0.1, 0.15) is 44.5 Å². The first-order valence-corrected chi connectivity index (χ1v) is 20.8. The zero-order chi connectivity index (χ0) is 42.8. The Morgan fingerprint density at radius 2 is 0.781 bits per heavy atom. The van der Waals surface area contributed by atoms with E-state index in [0.29, 0.717) is 57.6 Å². The van der Waals surface area contributed by atoms with Crippen molar-refractivity contribution < 1.29 is 19.0 Å². The number of hydroxylamine groups is 2. The first-order chi connectivity index (χ1) is 31.5. The summed E-state index contributed by atoms with van der Waals surface area (Å²) in [6, 6.07) is 45.1. The summed E-state index contributed by atoms with van der Waals surface area (Å²) in [5.41, 5.74) is 5.82. The molecule has 0 fully saturated rings. The van der Waals surface area contributed by atoms with Crippen LogP contribution in [0, 0.1) is 0 Å². The summed E-state index contributed by atoms with van der Waals surface area (Å²) in [6.45, 7) is 0. The second-order valence-electron chi connectivity index (χ2n) is 15.9. The Labute approximate surface area is 365 Å². The van der Waals surface area contributed by atoms with E-state index in [4.69, 9.17) is 54.0 Å². The lowest BCUT2D eigenvalue weighted by Gasteiger charge is -2.25. The highest BCUT2D eigenvalue weighted by Gasteiger charge is 2.48. The number of rotatable bonds is 4. The summed E-state index contributed by atoms with van der Waals surface area (Å²) in [5, 5.41) is 9.42. The molecule has 5 aliphatic rings. The predicted octanol–water partition coefficient (Wildman–Crippen LogP) is 9.33. The van der Waals surface area contributed by atoms with Crippen LogP contribution in [-0.2, 0) is 15.4 Å². The number of hydrogen-bond acceptors (Lipinski definition) is 12. The van der Waals surface area contributed by atoms with Gasteiger partial charge in [-0.25, -0.2) is 34.9 Å². The third-order valence-corrected chi connectivity index (χ3v) is 12.6. The number of nitrogens with zero attached hydrogens (tertiary/aromatic N) is 8. The molecular formula is C52H34N8O4. The van der Waals surface area contributed by atoms with Crippen LogP contribution in [0.5, 0.6) is 11.5 Å². The van der Waals surface area contributed by atoms with Crippen molar-refractivity contribution in [3.8, 4) is 11.5 Å². The molecule has 13 rings (SSSR count). The van der Waals surface area contributed by atoms with E-state index in [1.54, 1.807) is 33.5 Å². The zero-order valence-corrected chi connectivity index (χ0v) is 34.9. The van der Waals surface area contributed by atoms with Gasteiger partial charge < -0.3 is 14.2 Å². The number of benzene rings is 8. The minimum atomic E-state index is -1.75. The van der Waals surface area contributed by atoms with E-state index < -0.39 is 5.85 Å². The molecule has 12 heteroatoms. The first-order valence-electron chi connectivity index (χ1n) is 20.8. The topological polar surface area (TPSA) is 127 Å². The highest BCUT2D eigenvalue weighted by Crippen LogP contribution is 2.52. The highest BCUT2D eigenvalue weighted by atomic mass is 16.7. The van der Waals surface area contributed by atoms with Crippen molar-refractivity contribution in [1.82, 2.24) is 5.06 Å². The van der Waals surface area contributed by atoms with Crippen LogP contribution in [0.2, 0.25) is 0 Å². The van der Waals surface area contributed by atoms with Gasteiger partial charge in [0, 0.05) is 51.3 Å². The Balaban J connectivity index is 1.18. The lowest BCUT2D eigenvalue weighted by Crippen LogP contribution is -2.36. The van der Waals surface area contributed by atoms with Gasteiger partial charge in [-0.15, -0.1) is 0 Å². The lowest BCUT2D eigenvalue weighted by atomic mass is 9.95. The average Bonchev–Trinajstić information content (AvgIpc) is 4.05. The summed E-state index contributed by atoms with van der Waals surface area (Å²) in [6.07, 6.45) is 0. The molecule has 0 amide bonds. The standard InChI is InChI=1S/C52H34N8O4/c1-61-43-33-19-11-12-20-34(33)44(62-2)42-41(43)49-55-47-38-24-30-16-8-10-18-32(30)26-40(38)51(57-47)60(64-4)50-39-25-31-17-9-7-15-29(31)23-37(39)46(56-50)53-45-35-21-27-13-5-6-14-28(27)22-36(35)48(54-45)58-52(42,59-49)63-3/h5-26H,1-4H3. The van der Waals surface area contributed by atoms with E-state index >= 15 is 0 Å². The fraction of sp³-hybridized carbons (Fsp3) is 0.0962. The molecule has 0 aliphatic carbocycles. The van der Waals surface area contributed by atoms with Gasteiger partial charge >= 0.3 is 0 Å². The SMILES string of the molecule is COc1c2c(c(OC)c3ccccc13)C1(OC)N=C3N=C(N=C4N=C(c5cc6ccccc6cc54)N(OC)C4=NC(=NC2=N1)c1cc2ccccc2cc14)c1cc2ccccc2cc13. The Hall–Kier alpha value is -8.19. The molecule has 0 saturated carbocycles. The van der Waals surface area contributed by atoms with Gasteiger partial charge in [-0.3, -0.25) is 4.84 Å². The number of amidine groups is 7. The van der Waals surface area contributed by atoms with Gasteiger partial charge in [0.2, 0.25) is 0 Å². The van der Waals surface area contributed by atoms with Crippen LogP contribution >= 0.6 is 0 Å². The number of hydrogen-bond donors (Lipinski definition) is 0. The van der Waals surface area contributed by atoms with E-state index in [2.05, 4.69) is 72.8 Å². The van der Waals surface area contributed by atoms with Crippen molar-refractivity contribution in [1.29, 1.82) is 0 Å². The van der Waals surface area contributed by atoms with Crippen molar-refractivity contribution in [2.45, 2.75) is 5.85 Å². The molecule has 0 spiro atoms. The predicted molar refractivity (Wildman–Crippen MR) is 252 cm³/mol. The van der Waals surface area contributed by atoms with Gasteiger partial charge in [-0.2, -0.15) is 5.06 Å². The van der Waals surface area contributed by atoms with Crippen LogP contribution in [0.3, 0.4) is 0 Å². The maximum Gasteiger partial charge on any atom is 0.292 e. The molecule has 8 aromatic rings. The Kier molecular flexibility index (Phi) is 7.64. The second kappa shape index (κ2) is 13.4. The molecule has 1 unspecified atom stereocenters. The van der Waals surface area contributed by atoms with Gasteiger partial charge in [0.25, 0.3) is 5.85 Å². The summed E-state index contributed by atoms with van der Waals surface area (Å²) < 4.78 is 19.2. The molecule has 0 aromatic heterocycles. The van der Waals surface area contributed by atoms with E-state index in [1.165, 1.54) is 0 Å². The Morgan fingerprint density at radius 3 is 1.25 bits per heavy atom. The summed E-state index contributed by atoms with van der Waals surface area (Å²) >= 11 is 0. The maximum absolute atomic E-state index is 6.55. The Morgan fingerprint density at radius 1 is 0.406 bits per heavy atom. The lowest BCUT2D eigenvalue weighted by molar-refractivity contribution is 0.00229. The van der Waals surface area contributed by atoms with Crippen LogP contribution in [0.4, 0.5) is 0 Å². The summed E-state index contributed by atoms with van der Waals surface area (Å²) in [4.78, 5) is 43.6. The number of fused-ring (bicyclic) bond motifs is 20. The average molecular weight is 835 g/mol. The third kappa shape index (κ3) is 5.03. The molecule has 0 radical (unpaired) electrons. The molecule has 306 valence electrons. The molecule has 5 aliphatic heterocycles. The Bertz CT molecular complexity index is 3700. The fourth-order valence-electron chi connectivity index (χ4n) is 9.70. The van der Waals surface area contributed by atoms with E-state index in [9.17, 15) is 0 Å². The maximum atomic E-state index is 6.55. The van der Waals surface area contributed by atoms with E-state index in [-0.39, 0.29) is 5.84 Å². The fourth-order valence-corrected chi connectivity index (χ4v) is 9.70. The van der Waals surface area contributed by atoms with E-state index in [1.807, 2.05) is 60.7 Å². The molecule has 0 N–H and O–H groups in total. The summed E-state index contributed by atoms with van der Waals surface area (Å²) in [5.74, 6) is 2.24. The van der Waals surface area contributed by atoms with Gasteiger partial charge in [-0.05, 0) is 68.7 Å². The normalized spacial score (nSPS) is 17.9. The molecule has 5 heterocycles. The smallest absolute Gasteiger partial charge is 0.292 e. The van der Waals surface area contributed by atoms with Crippen molar-refractivity contribution in [3.63, 3.8) is 0 Å². The monoisotopic (exact) mass is 834 g/mol. The zero-order valence-electron chi connectivity index (χ0n) is 34.9. The van der Waals surface area contributed by atoms with Gasteiger partial charge in [0.1, 0.15) is 11.5 Å². The second-order valence-corrected chi connectivity index (χ2v) is 15.9. The van der Waals surface area contributed by atoms with Crippen molar-refractivity contribution in [2.75, 3.05) is 28.4 Å². The van der Waals surface area contributed by atoms with Gasteiger partial charge in [0.05, 0.1) is 32.5 Å². The summed E-state index contributed by atoms with van der Waals surface area (Å²) in [7, 11) is 6.47. The molecule has 1 atom stereocenters. The minimum absolute atomic E-state index is 0.286. The largest absolute Gasteiger partial charge is 0.496 e. The number of aliphatic imine (C=N–C) groups is 7. The van der Waals surface area contributed by atoms with Crippen LogP contribution in [-0.4, -0.2) is 74.4 Å². The molecule has 12 nitrogen and oxygen atoms in total. The molecule has 8 aromatic carbocycles. The molecule has 64 heavy (non-hydrogen) atoms. The first kappa shape index (κ1) is 36.5. The quantitative estimate of drug-likeness (QED) is 0.175. The van der Waals surface area contributed by atoms with Crippen LogP contribution in [0.15, 0.2) is 168 Å². The number of methoxy groups -OCH3 is 3. The van der Waals surface area contributed by atoms with Crippen LogP contribution in [0.25, 0.3) is 43.1 Å². The van der Waals surface area contributed by atoms with Crippen LogP contribution < -0.4 is 9.47 Å². The van der Waals surface area contributed by atoms with Gasteiger partial charge in [0.15, 0.2) is 40.8 Å². The highest BCUT2D eigenvalue weighted by molar-refractivity contribution is 6.35. The molecule has 0 saturated heterocycles. The molecule has 8 bridgehead atoms. The van der Waals surface area contributed by atoms with Crippen molar-refractivity contribution in [2.24, 2.45) is 34.9 Å².